The Morgan fingerprint density at radius 1 is 1.03 bits per heavy atom. The van der Waals surface area contributed by atoms with Gasteiger partial charge in [0.25, 0.3) is 11.5 Å². The molecule has 3 aromatic carbocycles. The number of hydroxylamine groups is 1. The van der Waals surface area contributed by atoms with Gasteiger partial charge in [-0.15, -0.1) is 0 Å². The summed E-state index contributed by atoms with van der Waals surface area (Å²) in [6, 6.07) is 22.0. The molecule has 0 aliphatic heterocycles. The molecule has 4 rings (SSSR count). The molecule has 6 heteroatoms. The molecule has 1 heterocycles. The second kappa shape index (κ2) is 7.69. The van der Waals surface area contributed by atoms with Gasteiger partial charge in [-0.05, 0) is 47.9 Å². The molecule has 0 aliphatic rings. The Bertz CT molecular complexity index is 1260. The van der Waals surface area contributed by atoms with Crippen LogP contribution in [0.4, 0.5) is 0 Å². The smallest absolute Gasteiger partial charge is 0.275 e. The van der Waals surface area contributed by atoms with Crippen LogP contribution in [0.3, 0.4) is 0 Å². The zero-order valence-corrected chi connectivity index (χ0v) is 15.8. The average molecular weight is 385 g/mol. The van der Waals surface area contributed by atoms with Gasteiger partial charge in [-0.2, -0.15) is 0 Å². The number of aryl methyl sites for hydroxylation is 1. The van der Waals surface area contributed by atoms with Crippen molar-refractivity contribution in [3.05, 3.63) is 100 Å². The number of nitrogens with zero attached hydrogens (tertiary/aromatic N) is 2. The molecule has 2 N–H and O–H groups in total. The van der Waals surface area contributed by atoms with E-state index in [1.165, 1.54) is 0 Å². The molecule has 0 saturated carbocycles. The highest BCUT2D eigenvalue weighted by molar-refractivity contribution is 6.00. The number of para-hydroxylation sites is 1. The topological polar surface area (TPSA) is 84.2 Å². The molecule has 4 aromatic rings. The van der Waals surface area contributed by atoms with Gasteiger partial charge >= 0.3 is 0 Å². The maximum atomic E-state index is 13.0. The van der Waals surface area contributed by atoms with E-state index >= 15 is 0 Å². The van der Waals surface area contributed by atoms with Crippen LogP contribution in [0, 0.1) is 6.92 Å². The minimum atomic E-state index is -0.587. The summed E-state index contributed by atoms with van der Waals surface area (Å²) in [7, 11) is 0. The van der Waals surface area contributed by atoms with Crippen LogP contribution in [0.15, 0.2) is 77.6 Å². The van der Waals surface area contributed by atoms with Gasteiger partial charge in [-0.1, -0.05) is 48.5 Å². The van der Waals surface area contributed by atoms with Gasteiger partial charge < -0.3 is 0 Å². The third-order valence-electron chi connectivity index (χ3n) is 4.91. The Kier molecular flexibility index (Phi) is 4.93. The lowest BCUT2D eigenvalue weighted by Gasteiger charge is -2.14. The first-order valence-corrected chi connectivity index (χ1v) is 9.17. The summed E-state index contributed by atoms with van der Waals surface area (Å²) in [5.74, 6) is 0.0308. The zero-order valence-electron chi connectivity index (χ0n) is 15.8. The van der Waals surface area contributed by atoms with Gasteiger partial charge in [-0.25, -0.2) is 10.5 Å². The number of hydrogen-bond acceptors (Lipinski definition) is 4. The highest BCUT2D eigenvalue weighted by atomic mass is 16.5. The lowest BCUT2D eigenvalue weighted by Crippen LogP contribution is -2.24. The third-order valence-corrected chi connectivity index (χ3v) is 4.91. The van der Waals surface area contributed by atoms with Gasteiger partial charge in [-0.3, -0.25) is 19.4 Å². The fourth-order valence-electron chi connectivity index (χ4n) is 3.45. The lowest BCUT2D eigenvalue weighted by molar-refractivity contribution is 0.0707. The maximum absolute atomic E-state index is 13.0. The molecule has 0 saturated heterocycles. The average Bonchev–Trinajstić information content (AvgIpc) is 2.76. The molecule has 1 aromatic heterocycles. The highest BCUT2D eigenvalue weighted by Crippen LogP contribution is 2.25. The number of rotatable bonds is 4. The molecule has 0 unspecified atom stereocenters. The van der Waals surface area contributed by atoms with Crippen LogP contribution in [0.25, 0.3) is 22.0 Å². The number of nitrogens with one attached hydrogen (secondary N) is 1. The molecule has 1 amide bonds. The van der Waals surface area contributed by atoms with E-state index in [2.05, 4.69) is 4.98 Å². The maximum Gasteiger partial charge on any atom is 0.275 e. The van der Waals surface area contributed by atoms with E-state index < -0.39 is 5.91 Å². The summed E-state index contributed by atoms with van der Waals surface area (Å²) < 4.78 is 1.62. The van der Waals surface area contributed by atoms with Crippen LogP contribution in [0.5, 0.6) is 0 Å². The van der Waals surface area contributed by atoms with Crippen LogP contribution < -0.4 is 11.0 Å². The summed E-state index contributed by atoms with van der Waals surface area (Å²) in [5, 5.41) is 9.65. The molecule has 0 fully saturated rings. The second-order valence-electron chi connectivity index (χ2n) is 6.75. The van der Waals surface area contributed by atoms with Crippen molar-refractivity contribution in [3.63, 3.8) is 0 Å². The van der Waals surface area contributed by atoms with Crippen molar-refractivity contribution < 1.29 is 10.0 Å². The van der Waals surface area contributed by atoms with Gasteiger partial charge in [0, 0.05) is 5.56 Å². The number of fused-ring (bicyclic) bond motifs is 1. The van der Waals surface area contributed by atoms with E-state index in [1.54, 1.807) is 35.2 Å². The Hall–Kier alpha value is -3.77. The quantitative estimate of drug-likeness (QED) is 0.416. The van der Waals surface area contributed by atoms with E-state index in [0.717, 1.165) is 11.1 Å². The summed E-state index contributed by atoms with van der Waals surface area (Å²) in [6.07, 6.45) is 0. The first-order valence-electron chi connectivity index (χ1n) is 9.17. The normalized spacial score (nSPS) is 10.8. The molecule has 29 heavy (non-hydrogen) atoms. The zero-order chi connectivity index (χ0) is 20.4. The number of benzene rings is 3. The van der Waals surface area contributed by atoms with Gasteiger partial charge in [0.15, 0.2) is 0 Å². The second-order valence-corrected chi connectivity index (χ2v) is 6.75. The van der Waals surface area contributed by atoms with E-state index in [4.69, 9.17) is 5.21 Å². The Morgan fingerprint density at radius 3 is 2.52 bits per heavy atom. The van der Waals surface area contributed by atoms with Gasteiger partial charge in [0.2, 0.25) is 0 Å². The fraction of sp³-hybridized carbons (Fsp3) is 0.0870. The monoisotopic (exact) mass is 385 g/mol. The molecule has 0 radical (unpaired) electrons. The van der Waals surface area contributed by atoms with Crippen molar-refractivity contribution in [2.75, 3.05) is 0 Å². The SMILES string of the molecule is Cc1nc2ccccc2c(=O)n1Cc1ccc(C(=O)NO)c(-c2ccccc2)c1. The predicted molar refractivity (Wildman–Crippen MR) is 111 cm³/mol. The lowest BCUT2D eigenvalue weighted by atomic mass is 9.96. The molecule has 0 aliphatic carbocycles. The fourth-order valence-corrected chi connectivity index (χ4v) is 3.45. The van der Waals surface area contributed by atoms with Gasteiger partial charge in [0.1, 0.15) is 5.82 Å². The molecule has 0 bridgehead atoms. The van der Waals surface area contributed by atoms with Crippen LogP contribution in [-0.4, -0.2) is 20.7 Å². The number of aromatic nitrogens is 2. The van der Waals surface area contributed by atoms with Crippen LogP contribution in [0.1, 0.15) is 21.7 Å². The standard InChI is InChI=1S/C23H19N3O3/c1-15-24-21-10-6-5-9-19(21)23(28)26(15)14-16-11-12-18(22(27)25-29)20(13-16)17-7-3-2-4-8-17/h2-13,29H,14H2,1H3,(H,25,27). The number of amides is 1. The Morgan fingerprint density at radius 2 is 1.76 bits per heavy atom. The van der Waals surface area contributed by atoms with Gasteiger partial charge in [0.05, 0.1) is 17.4 Å². The number of carbonyl (C=O) groups is 1. The Balaban J connectivity index is 1.82. The minimum absolute atomic E-state index is 0.105. The van der Waals surface area contributed by atoms with Crippen molar-refractivity contribution in [2.45, 2.75) is 13.5 Å². The molecule has 6 nitrogen and oxygen atoms in total. The van der Waals surface area contributed by atoms with Crippen LogP contribution in [-0.2, 0) is 6.54 Å². The first kappa shape index (κ1) is 18.6. The van der Waals surface area contributed by atoms with Crippen molar-refractivity contribution in [1.29, 1.82) is 0 Å². The molecule has 0 atom stereocenters. The van der Waals surface area contributed by atoms with Crippen molar-refractivity contribution in [3.8, 4) is 11.1 Å². The molecular weight excluding hydrogens is 366 g/mol. The van der Waals surface area contributed by atoms with Crippen LogP contribution in [0.2, 0.25) is 0 Å². The minimum Gasteiger partial charge on any atom is -0.292 e. The number of hydrogen-bond donors (Lipinski definition) is 2. The third kappa shape index (κ3) is 3.53. The molecular formula is C23H19N3O3. The summed E-state index contributed by atoms with van der Waals surface area (Å²) in [6.45, 7) is 2.13. The summed E-state index contributed by atoms with van der Waals surface area (Å²) >= 11 is 0. The van der Waals surface area contributed by atoms with E-state index in [1.807, 2.05) is 54.6 Å². The van der Waals surface area contributed by atoms with Crippen molar-refractivity contribution in [2.24, 2.45) is 0 Å². The van der Waals surface area contributed by atoms with E-state index in [9.17, 15) is 9.59 Å². The van der Waals surface area contributed by atoms with Crippen LogP contribution >= 0.6 is 0 Å². The van der Waals surface area contributed by atoms with E-state index in [-0.39, 0.29) is 5.56 Å². The first-order chi connectivity index (χ1) is 14.1. The number of carbonyl (C=O) groups excluding carboxylic acids is 1. The van der Waals surface area contributed by atoms with Crippen molar-refractivity contribution in [1.82, 2.24) is 15.0 Å². The summed E-state index contributed by atoms with van der Waals surface area (Å²) in [4.78, 5) is 29.6. The molecule has 144 valence electrons. The summed E-state index contributed by atoms with van der Waals surface area (Å²) in [5.41, 5.74) is 4.98. The Labute approximate surface area is 167 Å². The van der Waals surface area contributed by atoms with Crippen molar-refractivity contribution >= 4 is 16.8 Å². The highest BCUT2D eigenvalue weighted by Gasteiger charge is 2.14. The van der Waals surface area contributed by atoms with E-state index in [0.29, 0.717) is 34.4 Å². The largest absolute Gasteiger partial charge is 0.292 e. The molecule has 0 spiro atoms. The predicted octanol–water partition coefficient (Wildman–Crippen LogP) is 3.54.